The van der Waals surface area contributed by atoms with Crippen molar-refractivity contribution in [2.24, 2.45) is 0 Å². The van der Waals surface area contributed by atoms with Gasteiger partial charge >= 0.3 is 0 Å². The molecule has 0 aliphatic heterocycles. The van der Waals surface area contributed by atoms with Crippen molar-refractivity contribution >= 4 is 33.4 Å². The number of hydrogen-bond acceptors (Lipinski definition) is 5. The zero-order chi connectivity index (χ0) is 17.6. The topological polar surface area (TPSA) is 52.8 Å². The summed E-state index contributed by atoms with van der Waals surface area (Å²) in [6.07, 6.45) is 1.73. The molecule has 0 aliphatic carbocycles. The number of thiazole rings is 1. The second kappa shape index (κ2) is 5.86. The van der Waals surface area contributed by atoms with Crippen molar-refractivity contribution in [2.45, 2.75) is 0 Å². The Labute approximate surface area is 145 Å². The summed E-state index contributed by atoms with van der Waals surface area (Å²) in [5.74, 6) is 0.783. The summed E-state index contributed by atoms with van der Waals surface area (Å²) in [5.41, 5.74) is 1.91. The number of methoxy groups -OCH3 is 2. The molecule has 0 bridgehead atoms. The minimum atomic E-state index is -0.312. The largest absolute Gasteiger partial charge is 0.493 e. The molecule has 25 heavy (non-hydrogen) atoms. The minimum Gasteiger partial charge on any atom is -0.493 e. The van der Waals surface area contributed by atoms with Gasteiger partial charge in [0.2, 0.25) is 0 Å². The molecular formula is C18H13FN2O3S. The van der Waals surface area contributed by atoms with Crippen LogP contribution in [0.25, 0.3) is 22.1 Å². The highest BCUT2D eigenvalue weighted by atomic mass is 32.1. The quantitative estimate of drug-likeness (QED) is 0.566. The fourth-order valence-electron chi connectivity index (χ4n) is 2.70. The molecule has 0 radical (unpaired) electrons. The van der Waals surface area contributed by atoms with Crippen LogP contribution in [0, 0.1) is 5.82 Å². The van der Waals surface area contributed by atoms with Crippen molar-refractivity contribution in [2.75, 3.05) is 14.2 Å². The molecule has 0 saturated carbocycles. The molecule has 126 valence electrons. The molecule has 0 fully saturated rings. The van der Waals surface area contributed by atoms with Gasteiger partial charge in [0.15, 0.2) is 16.5 Å². The van der Waals surface area contributed by atoms with Crippen LogP contribution in [0.3, 0.4) is 0 Å². The highest BCUT2D eigenvalue weighted by Crippen LogP contribution is 2.32. The van der Waals surface area contributed by atoms with Crippen LogP contribution in [0.15, 0.2) is 41.2 Å². The van der Waals surface area contributed by atoms with Crippen LogP contribution in [-0.2, 0) is 0 Å². The first-order valence-electron chi connectivity index (χ1n) is 7.45. The second-order valence-electron chi connectivity index (χ2n) is 5.39. The van der Waals surface area contributed by atoms with E-state index in [2.05, 4.69) is 4.98 Å². The van der Waals surface area contributed by atoms with Gasteiger partial charge in [0.25, 0.3) is 5.56 Å². The number of rotatable bonds is 3. The van der Waals surface area contributed by atoms with Crippen molar-refractivity contribution in [1.82, 2.24) is 9.38 Å². The third kappa shape index (κ3) is 2.53. The van der Waals surface area contributed by atoms with Crippen LogP contribution >= 0.6 is 11.3 Å². The molecular weight excluding hydrogens is 343 g/mol. The first kappa shape index (κ1) is 15.6. The first-order chi connectivity index (χ1) is 12.1. The van der Waals surface area contributed by atoms with E-state index in [9.17, 15) is 9.18 Å². The maximum absolute atomic E-state index is 13.0. The van der Waals surface area contributed by atoms with Crippen molar-refractivity contribution in [3.8, 4) is 11.5 Å². The Hall–Kier alpha value is -2.93. The molecule has 4 rings (SSSR count). The van der Waals surface area contributed by atoms with Gasteiger partial charge in [-0.15, -0.1) is 0 Å². The smallest absolute Gasteiger partial charge is 0.274 e. The lowest BCUT2D eigenvalue weighted by Gasteiger charge is -2.06. The van der Waals surface area contributed by atoms with E-state index in [0.29, 0.717) is 32.0 Å². The molecule has 0 saturated heterocycles. The molecule has 5 nitrogen and oxygen atoms in total. The molecule has 2 aromatic heterocycles. The van der Waals surface area contributed by atoms with Gasteiger partial charge in [0.1, 0.15) is 5.82 Å². The Bertz CT molecular complexity index is 1200. The number of imidazole rings is 1. The fourth-order valence-corrected chi connectivity index (χ4v) is 3.69. The Morgan fingerprint density at radius 2 is 1.80 bits per heavy atom. The van der Waals surface area contributed by atoms with E-state index in [4.69, 9.17) is 9.47 Å². The Kier molecular flexibility index (Phi) is 3.65. The summed E-state index contributed by atoms with van der Waals surface area (Å²) in [6, 6.07) is 9.47. The summed E-state index contributed by atoms with van der Waals surface area (Å²) < 4.78 is 25.7. The lowest BCUT2D eigenvalue weighted by molar-refractivity contribution is 0.355. The highest BCUT2D eigenvalue weighted by Gasteiger charge is 2.15. The van der Waals surface area contributed by atoms with E-state index in [1.165, 1.54) is 23.5 Å². The standard InChI is InChI=1S/C18H13FN2O3S/c1-23-14-8-12-13(9-15(14)24-2)21-17(22)16(25-18(21)20-12)7-10-3-5-11(19)6-4-10/h3-9H,1-2H3/b16-7-. The average Bonchev–Trinajstić information content (AvgIpc) is 3.11. The third-order valence-electron chi connectivity index (χ3n) is 3.91. The molecule has 7 heteroatoms. The number of benzene rings is 2. The number of aromatic nitrogens is 2. The van der Waals surface area contributed by atoms with Gasteiger partial charge in [-0.05, 0) is 23.8 Å². The lowest BCUT2D eigenvalue weighted by atomic mass is 10.2. The monoisotopic (exact) mass is 356 g/mol. The van der Waals surface area contributed by atoms with Crippen LogP contribution in [0.5, 0.6) is 11.5 Å². The number of halogens is 1. The number of nitrogens with zero attached hydrogens (tertiary/aromatic N) is 2. The summed E-state index contributed by atoms with van der Waals surface area (Å²) in [4.78, 5) is 17.9. The van der Waals surface area contributed by atoms with E-state index in [1.54, 1.807) is 49.0 Å². The van der Waals surface area contributed by atoms with Crippen molar-refractivity contribution in [3.63, 3.8) is 0 Å². The van der Waals surface area contributed by atoms with Gasteiger partial charge < -0.3 is 9.47 Å². The maximum atomic E-state index is 13.0. The molecule has 4 aromatic rings. The predicted octanol–water partition coefficient (Wildman–Crippen LogP) is 2.61. The van der Waals surface area contributed by atoms with E-state index >= 15 is 0 Å². The van der Waals surface area contributed by atoms with E-state index < -0.39 is 0 Å². The van der Waals surface area contributed by atoms with Crippen molar-refractivity contribution < 1.29 is 13.9 Å². The number of ether oxygens (including phenoxy) is 2. The fraction of sp³-hybridized carbons (Fsp3) is 0.111. The SMILES string of the molecule is COc1cc2nc3s/c(=C\c4ccc(F)cc4)c(=O)n3c2cc1OC. The van der Waals surface area contributed by atoms with Crippen LogP contribution in [-0.4, -0.2) is 23.6 Å². The van der Waals surface area contributed by atoms with Gasteiger partial charge in [-0.1, -0.05) is 23.5 Å². The van der Waals surface area contributed by atoms with Crippen LogP contribution < -0.4 is 19.6 Å². The molecule has 0 unspecified atom stereocenters. The molecule has 0 spiro atoms. The summed E-state index contributed by atoms with van der Waals surface area (Å²) in [5, 5.41) is 0. The van der Waals surface area contributed by atoms with Gasteiger partial charge in [-0.3, -0.25) is 4.79 Å². The number of hydrogen-bond donors (Lipinski definition) is 0. The number of fused-ring (bicyclic) bond motifs is 3. The molecule has 0 N–H and O–H groups in total. The van der Waals surface area contributed by atoms with Gasteiger partial charge in [0, 0.05) is 12.1 Å². The summed E-state index contributed by atoms with van der Waals surface area (Å²) in [7, 11) is 3.10. The molecule has 2 aromatic carbocycles. The normalized spacial score (nSPS) is 12.2. The average molecular weight is 356 g/mol. The second-order valence-corrected chi connectivity index (χ2v) is 6.40. The predicted molar refractivity (Wildman–Crippen MR) is 95.1 cm³/mol. The Balaban J connectivity index is 1.97. The van der Waals surface area contributed by atoms with Crippen LogP contribution in [0.2, 0.25) is 0 Å². The van der Waals surface area contributed by atoms with Crippen LogP contribution in [0.4, 0.5) is 4.39 Å². The maximum Gasteiger partial charge on any atom is 0.274 e. The summed E-state index contributed by atoms with van der Waals surface area (Å²) >= 11 is 1.28. The van der Waals surface area contributed by atoms with Gasteiger partial charge in [0.05, 0.1) is 29.8 Å². The zero-order valence-corrected chi connectivity index (χ0v) is 14.3. The van der Waals surface area contributed by atoms with Crippen molar-refractivity contribution in [3.05, 3.63) is 62.7 Å². The molecule has 0 atom stereocenters. The highest BCUT2D eigenvalue weighted by molar-refractivity contribution is 7.15. The van der Waals surface area contributed by atoms with E-state index in [0.717, 1.165) is 5.56 Å². The van der Waals surface area contributed by atoms with Gasteiger partial charge in [-0.2, -0.15) is 0 Å². The molecule has 0 aliphatic rings. The van der Waals surface area contributed by atoms with Gasteiger partial charge in [-0.25, -0.2) is 13.8 Å². The molecule has 2 heterocycles. The zero-order valence-electron chi connectivity index (χ0n) is 13.4. The Morgan fingerprint density at radius 3 is 2.48 bits per heavy atom. The van der Waals surface area contributed by atoms with E-state index in [1.807, 2.05) is 0 Å². The van der Waals surface area contributed by atoms with E-state index in [-0.39, 0.29) is 11.4 Å². The lowest BCUT2D eigenvalue weighted by Crippen LogP contribution is -2.22. The van der Waals surface area contributed by atoms with Crippen molar-refractivity contribution in [1.29, 1.82) is 0 Å². The van der Waals surface area contributed by atoms with Crippen LogP contribution in [0.1, 0.15) is 5.56 Å². The molecule has 0 amide bonds. The Morgan fingerprint density at radius 1 is 1.12 bits per heavy atom. The summed E-state index contributed by atoms with van der Waals surface area (Å²) in [6.45, 7) is 0. The third-order valence-corrected chi connectivity index (χ3v) is 4.88. The first-order valence-corrected chi connectivity index (χ1v) is 8.26. The minimum absolute atomic E-state index is 0.168.